The summed E-state index contributed by atoms with van der Waals surface area (Å²) >= 11 is 2.69. The highest BCUT2D eigenvalue weighted by molar-refractivity contribution is 8.00. The summed E-state index contributed by atoms with van der Waals surface area (Å²) in [5.74, 6) is 0.306. The summed E-state index contributed by atoms with van der Waals surface area (Å²) in [6, 6.07) is 4.27. The van der Waals surface area contributed by atoms with E-state index in [-0.39, 0.29) is 24.2 Å². The van der Waals surface area contributed by atoms with Crippen LogP contribution in [0.25, 0.3) is 10.2 Å². The van der Waals surface area contributed by atoms with Crippen molar-refractivity contribution in [3.05, 3.63) is 24.0 Å². The minimum Gasteiger partial charge on any atom is -0.323 e. The summed E-state index contributed by atoms with van der Waals surface area (Å²) in [7, 11) is 0. The van der Waals surface area contributed by atoms with Gasteiger partial charge in [-0.15, -0.1) is 11.8 Å². The molecule has 0 spiro atoms. The first-order valence-electron chi connectivity index (χ1n) is 5.83. The van der Waals surface area contributed by atoms with Crippen molar-refractivity contribution in [3.63, 3.8) is 0 Å². The summed E-state index contributed by atoms with van der Waals surface area (Å²) in [4.78, 5) is 28.9. The zero-order valence-electron chi connectivity index (χ0n) is 10.3. The highest BCUT2D eigenvalue weighted by atomic mass is 32.2. The standard InChI is InChI=1S/C12H10FN3O2S2/c13-7-1-2-8-9(3-7)20-12(14-8)15-10(17)4-16-6-19-5-11(16)18/h1-3H,4-6H2,(H,14,15,17). The second kappa shape index (κ2) is 5.37. The number of hydrogen-bond acceptors (Lipinski definition) is 5. The van der Waals surface area contributed by atoms with E-state index in [4.69, 9.17) is 0 Å². The van der Waals surface area contributed by atoms with Crippen LogP contribution < -0.4 is 5.32 Å². The lowest BCUT2D eigenvalue weighted by molar-refractivity contribution is -0.130. The Bertz CT molecular complexity index is 688. The molecule has 1 saturated heterocycles. The van der Waals surface area contributed by atoms with Crippen LogP contribution in [0.15, 0.2) is 18.2 Å². The fraction of sp³-hybridized carbons (Fsp3) is 0.250. The van der Waals surface area contributed by atoms with Crippen molar-refractivity contribution in [2.75, 3.05) is 23.5 Å². The van der Waals surface area contributed by atoms with Gasteiger partial charge in [-0.1, -0.05) is 11.3 Å². The van der Waals surface area contributed by atoms with Gasteiger partial charge in [0.2, 0.25) is 11.8 Å². The molecule has 1 aromatic carbocycles. The van der Waals surface area contributed by atoms with Crippen molar-refractivity contribution in [2.24, 2.45) is 0 Å². The van der Waals surface area contributed by atoms with Crippen LogP contribution in [0.2, 0.25) is 0 Å². The lowest BCUT2D eigenvalue weighted by Crippen LogP contribution is -2.34. The first kappa shape index (κ1) is 13.3. The van der Waals surface area contributed by atoms with Crippen molar-refractivity contribution < 1.29 is 14.0 Å². The molecule has 5 nitrogen and oxygen atoms in total. The molecule has 8 heteroatoms. The van der Waals surface area contributed by atoms with Crippen LogP contribution in [-0.2, 0) is 9.59 Å². The number of hydrogen-bond donors (Lipinski definition) is 1. The first-order valence-corrected chi connectivity index (χ1v) is 7.80. The van der Waals surface area contributed by atoms with Gasteiger partial charge in [0, 0.05) is 0 Å². The average molecular weight is 311 g/mol. The summed E-state index contributed by atoms with van der Waals surface area (Å²) in [6.07, 6.45) is 0. The maximum atomic E-state index is 13.1. The molecule has 104 valence electrons. The van der Waals surface area contributed by atoms with Crippen LogP contribution >= 0.6 is 23.1 Å². The molecule has 1 aliphatic heterocycles. The highest BCUT2D eigenvalue weighted by Gasteiger charge is 2.23. The van der Waals surface area contributed by atoms with E-state index in [1.165, 1.54) is 40.1 Å². The number of fused-ring (bicyclic) bond motifs is 1. The van der Waals surface area contributed by atoms with E-state index in [1.54, 1.807) is 6.07 Å². The fourth-order valence-corrected chi connectivity index (χ4v) is 3.64. The first-order chi connectivity index (χ1) is 9.61. The minimum absolute atomic E-state index is 0.0239. The van der Waals surface area contributed by atoms with Crippen molar-refractivity contribution in [1.82, 2.24) is 9.88 Å². The van der Waals surface area contributed by atoms with E-state index in [9.17, 15) is 14.0 Å². The van der Waals surface area contributed by atoms with Gasteiger partial charge in [0.15, 0.2) is 5.13 Å². The number of halogens is 1. The highest BCUT2D eigenvalue weighted by Crippen LogP contribution is 2.26. The maximum absolute atomic E-state index is 13.1. The number of benzene rings is 1. The molecule has 2 amide bonds. The van der Waals surface area contributed by atoms with E-state index in [0.717, 1.165) is 0 Å². The third-order valence-corrected chi connectivity index (χ3v) is 4.64. The molecule has 0 unspecified atom stereocenters. The maximum Gasteiger partial charge on any atom is 0.245 e. The third-order valence-electron chi connectivity index (χ3n) is 2.76. The Labute approximate surface area is 122 Å². The van der Waals surface area contributed by atoms with Crippen molar-refractivity contribution in [1.29, 1.82) is 0 Å². The molecule has 2 heterocycles. The van der Waals surface area contributed by atoms with E-state index in [2.05, 4.69) is 10.3 Å². The van der Waals surface area contributed by atoms with Gasteiger partial charge in [0.1, 0.15) is 12.4 Å². The molecular weight excluding hydrogens is 301 g/mol. The number of amides is 2. The second-order valence-corrected chi connectivity index (χ2v) is 6.23. The Morgan fingerprint density at radius 2 is 2.35 bits per heavy atom. The van der Waals surface area contributed by atoms with Gasteiger partial charge in [-0.05, 0) is 18.2 Å². The summed E-state index contributed by atoms with van der Waals surface area (Å²) < 4.78 is 13.7. The Morgan fingerprint density at radius 3 is 3.10 bits per heavy atom. The molecule has 20 heavy (non-hydrogen) atoms. The SMILES string of the molecule is O=C(CN1CSCC1=O)Nc1nc2ccc(F)cc2s1. The number of nitrogens with zero attached hydrogens (tertiary/aromatic N) is 2. The summed E-state index contributed by atoms with van der Waals surface area (Å²) in [5.41, 5.74) is 0.638. The number of thiazole rings is 1. The number of aromatic nitrogens is 1. The molecule has 0 atom stereocenters. The molecule has 1 aromatic heterocycles. The quantitative estimate of drug-likeness (QED) is 0.940. The van der Waals surface area contributed by atoms with Crippen LogP contribution in [0.3, 0.4) is 0 Å². The van der Waals surface area contributed by atoms with Gasteiger partial charge in [-0.25, -0.2) is 9.37 Å². The van der Waals surface area contributed by atoms with Crippen molar-refractivity contribution in [3.8, 4) is 0 Å². The molecule has 0 radical (unpaired) electrons. The normalized spacial score (nSPS) is 15.1. The van der Waals surface area contributed by atoms with E-state index >= 15 is 0 Å². The molecule has 1 N–H and O–H groups in total. The van der Waals surface area contributed by atoms with Gasteiger partial charge in [0.05, 0.1) is 21.8 Å². The summed E-state index contributed by atoms with van der Waals surface area (Å²) in [5, 5.41) is 3.05. The number of nitrogens with one attached hydrogen (secondary N) is 1. The Balaban J connectivity index is 1.69. The molecular formula is C12H10FN3O2S2. The van der Waals surface area contributed by atoms with Crippen LogP contribution in [0.4, 0.5) is 9.52 Å². The topological polar surface area (TPSA) is 62.3 Å². The second-order valence-electron chi connectivity index (χ2n) is 4.25. The van der Waals surface area contributed by atoms with Crippen molar-refractivity contribution >= 4 is 50.3 Å². The van der Waals surface area contributed by atoms with Gasteiger partial charge < -0.3 is 10.2 Å². The van der Waals surface area contributed by atoms with Gasteiger partial charge >= 0.3 is 0 Å². The van der Waals surface area contributed by atoms with E-state index in [0.29, 0.717) is 27.0 Å². The predicted octanol–water partition coefficient (Wildman–Crippen LogP) is 1.91. The summed E-state index contributed by atoms with van der Waals surface area (Å²) in [6.45, 7) is 0.0239. The number of carbonyl (C=O) groups is 2. The lowest BCUT2D eigenvalue weighted by atomic mass is 10.3. The Hall–Kier alpha value is -1.67. The monoisotopic (exact) mass is 311 g/mol. The Morgan fingerprint density at radius 1 is 1.50 bits per heavy atom. The molecule has 2 aromatic rings. The van der Waals surface area contributed by atoms with Crippen LogP contribution in [0, 0.1) is 5.82 Å². The lowest BCUT2D eigenvalue weighted by Gasteiger charge is -2.12. The van der Waals surface area contributed by atoms with Crippen molar-refractivity contribution in [2.45, 2.75) is 0 Å². The largest absolute Gasteiger partial charge is 0.323 e. The van der Waals surface area contributed by atoms with Gasteiger partial charge in [0.25, 0.3) is 0 Å². The van der Waals surface area contributed by atoms with E-state index < -0.39 is 0 Å². The van der Waals surface area contributed by atoms with Crippen LogP contribution in [0.1, 0.15) is 0 Å². The smallest absolute Gasteiger partial charge is 0.245 e. The van der Waals surface area contributed by atoms with E-state index in [1.807, 2.05) is 0 Å². The molecule has 0 saturated carbocycles. The minimum atomic E-state index is -0.335. The van der Waals surface area contributed by atoms with Crippen LogP contribution in [-0.4, -0.2) is 39.9 Å². The molecule has 1 fully saturated rings. The zero-order chi connectivity index (χ0) is 14.1. The fourth-order valence-electron chi connectivity index (χ4n) is 1.82. The average Bonchev–Trinajstić information content (AvgIpc) is 2.95. The predicted molar refractivity (Wildman–Crippen MR) is 77.2 cm³/mol. The molecule has 3 rings (SSSR count). The zero-order valence-corrected chi connectivity index (χ0v) is 11.9. The number of rotatable bonds is 3. The molecule has 1 aliphatic rings. The van der Waals surface area contributed by atoms with Gasteiger partial charge in [-0.2, -0.15) is 0 Å². The van der Waals surface area contributed by atoms with Crippen LogP contribution in [0.5, 0.6) is 0 Å². The Kier molecular flexibility index (Phi) is 3.58. The third kappa shape index (κ3) is 2.75. The number of thioether (sulfide) groups is 1. The number of carbonyl (C=O) groups excluding carboxylic acids is 2. The number of anilines is 1. The van der Waals surface area contributed by atoms with Gasteiger partial charge in [-0.3, -0.25) is 9.59 Å². The molecule has 0 bridgehead atoms. The molecule has 0 aliphatic carbocycles.